The molecule has 0 aliphatic heterocycles. The predicted octanol–water partition coefficient (Wildman–Crippen LogP) is 3.67. The van der Waals surface area contributed by atoms with Crippen molar-refractivity contribution in [1.82, 2.24) is 0 Å². The van der Waals surface area contributed by atoms with Gasteiger partial charge in [0, 0.05) is 0 Å². The van der Waals surface area contributed by atoms with E-state index in [1.54, 1.807) is 0 Å². The molecular weight excluding hydrogens is 623 g/mol. The molecule has 0 bridgehead atoms. The summed E-state index contributed by atoms with van der Waals surface area (Å²) in [7, 11) is -8.14. The zero-order valence-corrected chi connectivity index (χ0v) is 15.2. The molecule has 194 valence electrons. The van der Waals surface area contributed by atoms with Crippen molar-refractivity contribution in [2.45, 2.75) is 47.0 Å². The molecule has 0 aromatic heterocycles. The van der Waals surface area contributed by atoms with Crippen LogP contribution in [0.1, 0.15) is 0 Å². The smallest absolute Gasteiger partial charge is 0.743 e. The molecule has 23 heteroatoms. The van der Waals surface area contributed by atoms with Crippen LogP contribution in [-0.2, 0) is 32.5 Å². The van der Waals surface area contributed by atoms with Gasteiger partial charge in [-0.1, -0.05) is 0 Å². The van der Waals surface area contributed by atoms with Gasteiger partial charge in [-0.2, -0.15) is 74.6 Å². The van der Waals surface area contributed by atoms with E-state index in [9.17, 15) is 87.6 Å². The average Bonchev–Trinajstić information content (AvgIpc) is 2.43. The molecule has 0 aliphatic carbocycles. The van der Waals surface area contributed by atoms with Crippen LogP contribution in [0.4, 0.5) is 74.6 Å². The van der Waals surface area contributed by atoms with Gasteiger partial charge >= 0.3 is 69.3 Å². The Morgan fingerprint density at radius 2 is 0.645 bits per heavy atom. The van der Waals surface area contributed by atoms with Gasteiger partial charge in [0.05, 0.1) is 0 Å². The van der Waals surface area contributed by atoms with Gasteiger partial charge in [-0.25, -0.2) is 8.42 Å². The molecule has 2 N–H and O–H groups in total. The Morgan fingerprint density at radius 3 is 0.839 bits per heavy atom. The van der Waals surface area contributed by atoms with Crippen LogP contribution in [0.2, 0.25) is 0 Å². The zero-order chi connectivity index (χ0) is 24.5. The molecule has 0 fully saturated rings. The summed E-state index contributed by atoms with van der Waals surface area (Å²) < 4.78 is 244. The SMILES string of the molecule is O.O=S(=O)([O-])C(F)(F)C(F)(F)C(F)(F)C(F)(F)C(F)(F)C(F)(F)C(F)(F)C(F)(F)F.[Ag+]. The third kappa shape index (κ3) is 4.34. The molecule has 0 radical (unpaired) electrons. The van der Waals surface area contributed by atoms with Gasteiger partial charge in [-0.3, -0.25) is 0 Å². The van der Waals surface area contributed by atoms with Crippen LogP contribution in [-0.4, -0.2) is 65.4 Å². The van der Waals surface area contributed by atoms with Crippen molar-refractivity contribution in [3.8, 4) is 0 Å². The molecule has 0 spiro atoms. The third-order valence-electron chi connectivity index (χ3n) is 3.01. The average molecular weight is 625 g/mol. The van der Waals surface area contributed by atoms with Crippen molar-refractivity contribution in [3.05, 3.63) is 0 Å². The first kappa shape index (κ1) is 35.0. The first-order valence-electron chi connectivity index (χ1n) is 5.67. The van der Waals surface area contributed by atoms with E-state index in [-0.39, 0.29) is 27.9 Å². The Kier molecular flexibility index (Phi) is 9.41. The molecule has 0 aliphatic rings. The summed E-state index contributed by atoms with van der Waals surface area (Å²) in [5.41, 5.74) is 0. The van der Waals surface area contributed by atoms with Gasteiger partial charge in [0.2, 0.25) is 0 Å². The Bertz CT molecular complexity index is 742. The quantitative estimate of drug-likeness (QED) is 0.246. The fraction of sp³-hybridized carbons (Fsp3) is 1.00. The standard InChI is InChI=1S/C8HF17O3S.Ag.H2O/c9-1(10,3(13,14)5(17,18)7(21,22)23)2(11,12)4(15,16)6(19,20)8(24,25)29(26,27)28;;/h(H,26,27,28);;1H2/q;+1;/p-1. The van der Waals surface area contributed by atoms with Crippen molar-refractivity contribution in [2.24, 2.45) is 0 Å². The van der Waals surface area contributed by atoms with Crippen molar-refractivity contribution in [3.63, 3.8) is 0 Å². The second-order valence-electron chi connectivity index (χ2n) is 4.92. The van der Waals surface area contributed by atoms with Crippen molar-refractivity contribution in [1.29, 1.82) is 0 Å². The number of hydrogen-bond donors (Lipinski definition) is 0. The summed E-state index contributed by atoms with van der Waals surface area (Å²) in [5.74, 6) is -52.1. The minimum atomic E-state index is -8.92. The van der Waals surface area contributed by atoms with Gasteiger partial charge in [0.25, 0.3) is 0 Å². The van der Waals surface area contributed by atoms with E-state index >= 15 is 0 Å². The largest absolute Gasteiger partial charge is 1.00 e. The molecule has 0 unspecified atom stereocenters. The molecule has 0 aromatic carbocycles. The van der Waals surface area contributed by atoms with E-state index in [4.69, 9.17) is 0 Å². The van der Waals surface area contributed by atoms with Crippen LogP contribution in [0, 0.1) is 0 Å². The minimum Gasteiger partial charge on any atom is -0.743 e. The second kappa shape index (κ2) is 8.33. The fourth-order valence-electron chi connectivity index (χ4n) is 1.31. The number of hydrogen-bond acceptors (Lipinski definition) is 3. The Hall–Kier alpha value is -0.580. The second-order valence-corrected chi connectivity index (χ2v) is 6.34. The van der Waals surface area contributed by atoms with E-state index in [1.165, 1.54) is 0 Å². The Labute approximate surface area is 173 Å². The summed E-state index contributed by atoms with van der Waals surface area (Å²) in [6.07, 6.45) is -7.89. The van der Waals surface area contributed by atoms with E-state index in [0.717, 1.165) is 0 Å². The molecule has 31 heavy (non-hydrogen) atoms. The summed E-state index contributed by atoms with van der Waals surface area (Å²) in [5, 5.41) is -7.95. The van der Waals surface area contributed by atoms with Crippen LogP contribution >= 0.6 is 0 Å². The predicted molar refractivity (Wildman–Crippen MR) is 54.0 cm³/mol. The van der Waals surface area contributed by atoms with Gasteiger partial charge in [-0.15, -0.1) is 0 Å². The summed E-state index contributed by atoms with van der Waals surface area (Å²) in [4.78, 5) is 0. The molecule has 0 aromatic rings. The summed E-state index contributed by atoms with van der Waals surface area (Å²) in [6, 6.07) is 0. The maximum atomic E-state index is 13.0. The van der Waals surface area contributed by atoms with Crippen LogP contribution in [0.5, 0.6) is 0 Å². The molecule has 0 saturated heterocycles. The van der Waals surface area contributed by atoms with Crippen LogP contribution in [0.25, 0.3) is 0 Å². The van der Waals surface area contributed by atoms with E-state index in [0.29, 0.717) is 0 Å². The summed E-state index contributed by atoms with van der Waals surface area (Å²) >= 11 is 0. The molecule has 4 nitrogen and oxygen atoms in total. The Morgan fingerprint density at radius 1 is 0.452 bits per heavy atom. The number of rotatable bonds is 7. The van der Waals surface area contributed by atoms with E-state index in [1.807, 2.05) is 0 Å². The number of halogens is 17. The van der Waals surface area contributed by atoms with Crippen molar-refractivity contribution < 1.29 is 115 Å². The molecule has 0 saturated carbocycles. The number of alkyl halides is 17. The monoisotopic (exact) mass is 624 g/mol. The Balaban J connectivity index is -0.00000392. The van der Waals surface area contributed by atoms with E-state index < -0.39 is 57.1 Å². The zero-order valence-electron chi connectivity index (χ0n) is 12.9. The van der Waals surface area contributed by atoms with Crippen molar-refractivity contribution >= 4 is 10.1 Å². The summed E-state index contributed by atoms with van der Waals surface area (Å²) in [6.45, 7) is 0. The van der Waals surface area contributed by atoms with Crippen molar-refractivity contribution in [2.75, 3.05) is 0 Å². The first-order valence-corrected chi connectivity index (χ1v) is 7.08. The van der Waals surface area contributed by atoms with Crippen LogP contribution < -0.4 is 0 Å². The third-order valence-corrected chi connectivity index (χ3v) is 3.89. The van der Waals surface area contributed by atoms with Gasteiger partial charge in [0.1, 0.15) is 0 Å². The maximum Gasteiger partial charge on any atom is 1.00 e. The molecule has 0 atom stereocenters. The fourth-order valence-corrected chi connectivity index (χ4v) is 1.75. The molecule has 0 heterocycles. The van der Waals surface area contributed by atoms with Crippen LogP contribution in [0.15, 0.2) is 0 Å². The van der Waals surface area contributed by atoms with Gasteiger partial charge in [-0.05, 0) is 0 Å². The molecule has 0 rings (SSSR count). The van der Waals surface area contributed by atoms with Gasteiger partial charge in [0.15, 0.2) is 10.1 Å². The topological polar surface area (TPSA) is 88.7 Å². The minimum absolute atomic E-state index is 0. The molecular formula is C8H2AgF17O4S. The van der Waals surface area contributed by atoms with E-state index in [2.05, 4.69) is 0 Å². The first-order chi connectivity index (χ1) is 12.0. The molecule has 0 amide bonds. The maximum absolute atomic E-state index is 13.0. The van der Waals surface area contributed by atoms with Crippen LogP contribution in [0.3, 0.4) is 0 Å². The van der Waals surface area contributed by atoms with Gasteiger partial charge < -0.3 is 10.0 Å². The normalized spacial score (nSPS) is 15.8.